The number of hydrogen-bond donors (Lipinski definition) is 0. The highest BCUT2D eigenvalue weighted by Crippen LogP contribution is 2.65. The van der Waals surface area contributed by atoms with Gasteiger partial charge >= 0.3 is 6.72 Å². The molecule has 92 valence electrons. The van der Waals surface area contributed by atoms with Gasteiger partial charge in [0.05, 0.1) is 5.66 Å². The molecular formula is C13H16ClO2P. The Morgan fingerprint density at radius 1 is 1.35 bits per heavy atom. The van der Waals surface area contributed by atoms with E-state index in [-0.39, 0.29) is 5.66 Å². The third-order valence-corrected chi connectivity index (χ3v) is 5.48. The monoisotopic (exact) mass is 270 g/mol. The first-order chi connectivity index (χ1) is 8.13. The SMILES string of the molecule is CCCCC1C=C(c2ccccc2)OP1(=O)Cl. The molecule has 0 amide bonds. The molecule has 0 aromatic heterocycles. The lowest BCUT2D eigenvalue weighted by atomic mass is 10.1. The number of unbranched alkanes of at least 4 members (excludes halogenated alkanes) is 1. The summed E-state index contributed by atoms with van der Waals surface area (Å²) in [5, 5.41) is 0. The first kappa shape index (κ1) is 12.7. The van der Waals surface area contributed by atoms with E-state index >= 15 is 0 Å². The van der Waals surface area contributed by atoms with Crippen molar-refractivity contribution in [1.29, 1.82) is 0 Å². The minimum absolute atomic E-state index is 0.140. The Bertz CT molecular complexity index is 456. The van der Waals surface area contributed by atoms with Crippen molar-refractivity contribution in [2.45, 2.75) is 31.8 Å². The van der Waals surface area contributed by atoms with E-state index in [9.17, 15) is 4.57 Å². The second kappa shape index (κ2) is 5.29. The van der Waals surface area contributed by atoms with Crippen molar-refractivity contribution >= 4 is 23.7 Å². The van der Waals surface area contributed by atoms with E-state index in [4.69, 9.17) is 15.8 Å². The van der Waals surface area contributed by atoms with E-state index in [2.05, 4.69) is 6.92 Å². The van der Waals surface area contributed by atoms with Gasteiger partial charge in [-0.2, -0.15) is 0 Å². The molecule has 17 heavy (non-hydrogen) atoms. The summed E-state index contributed by atoms with van der Waals surface area (Å²) in [5.41, 5.74) is 0.798. The van der Waals surface area contributed by atoms with E-state index in [1.165, 1.54) is 0 Å². The Morgan fingerprint density at radius 3 is 2.71 bits per heavy atom. The summed E-state index contributed by atoms with van der Waals surface area (Å²) in [6, 6.07) is 9.67. The van der Waals surface area contributed by atoms with Gasteiger partial charge in [0.2, 0.25) is 0 Å². The summed E-state index contributed by atoms with van der Waals surface area (Å²) in [6.45, 7) is -0.917. The number of hydrogen-bond acceptors (Lipinski definition) is 2. The highest BCUT2D eigenvalue weighted by Gasteiger charge is 2.38. The summed E-state index contributed by atoms with van der Waals surface area (Å²) in [6.07, 6.45) is 4.83. The topological polar surface area (TPSA) is 26.3 Å². The smallest absolute Gasteiger partial charge is 0.343 e. The molecule has 1 aromatic carbocycles. The zero-order valence-electron chi connectivity index (χ0n) is 9.80. The van der Waals surface area contributed by atoms with Gasteiger partial charge in [-0.3, -0.25) is 4.57 Å². The van der Waals surface area contributed by atoms with Gasteiger partial charge in [0, 0.05) is 5.56 Å². The molecule has 1 aliphatic heterocycles. The predicted molar refractivity (Wildman–Crippen MR) is 72.3 cm³/mol. The van der Waals surface area contributed by atoms with Crippen molar-refractivity contribution in [3.63, 3.8) is 0 Å². The Kier molecular flexibility index (Phi) is 3.96. The maximum Gasteiger partial charge on any atom is 0.343 e. The largest absolute Gasteiger partial charge is 0.432 e. The van der Waals surface area contributed by atoms with Crippen LogP contribution in [0.25, 0.3) is 5.76 Å². The number of benzene rings is 1. The van der Waals surface area contributed by atoms with Crippen molar-refractivity contribution < 1.29 is 9.09 Å². The minimum atomic E-state index is -3.03. The van der Waals surface area contributed by atoms with Gasteiger partial charge in [-0.1, -0.05) is 50.1 Å². The van der Waals surface area contributed by atoms with Crippen LogP contribution >= 0.6 is 18.0 Å². The van der Waals surface area contributed by atoms with Crippen LogP contribution in [0.15, 0.2) is 36.4 Å². The normalized spacial score (nSPS) is 27.6. The molecule has 0 N–H and O–H groups in total. The average molecular weight is 271 g/mol. The standard InChI is InChI=1S/C13H16ClO2P/c1-2-3-9-12-10-13(16-17(12,14)15)11-7-5-4-6-8-11/h4-8,10,12H,2-3,9H2,1H3. The molecule has 0 radical (unpaired) electrons. The Morgan fingerprint density at radius 2 is 2.06 bits per heavy atom. The van der Waals surface area contributed by atoms with E-state index in [1.807, 2.05) is 36.4 Å². The van der Waals surface area contributed by atoms with Crippen LogP contribution in [0.3, 0.4) is 0 Å². The van der Waals surface area contributed by atoms with Crippen LogP contribution in [0.5, 0.6) is 0 Å². The van der Waals surface area contributed by atoms with Gasteiger partial charge in [-0.05, 0) is 23.7 Å². The van der Waals surface area contributed by atoms with Crippen molar-refractivity contribution in [2.75, 3.05) is 0 Å². The second-order valence-electron chi connectivity index (χ2n) is 4.22. The van der Waals surface area contributed by atoms with Crippen LogP contribution in [0.4, 0.5) is 0 Å². The molecule has 2 nitrogen and oxygen atoms in total. The first-order valence-electron chi connectivity index (χ1n) is 5.89. The van der Waals surface area contributed by atoms with Crippen LogP contribution in [-0.2, 0) is 9.09 Å². The average Bonchev–Trinajstić information content (AvgIpc) is 2.63. The van der Waals surface area contributed by atoms with Gasteiger partial charge in [-0.15, -0.1) is 0 Å². The number of halogens is 1. The molecule has 0 saturated carbocycles. The van der Waals surface area contributed by atoms with Crippen LogP contribution in [0.1, 0.15) is 31.7 Å². The third kappa shape index (κ3) is 2.94. The van der Waals surface area contributed by atoms with E-state index in [1.54, 1.807) is 0 Å². The molecule has 1 aliphatic rings. The van der Waals surface area contributed by atoms with E-state index in [0.29, 0.717) is 5.76 Å². The van der Waals surface area contributed by atoms with Gasteiger partial charge in [0.15, 0.2) is 0 Å². The summed E-state index contributed by atoms with van der Waals surface area (Å²) in [4.78, 5) is 0. The van der Waals surface area contributed by atoms with Crippen molar-refractivity contribution in [1.82, 2.24) is 0 Å². The lowest BCUT2D eigenvalue weighted by Gasteiger charge is -2.12. The van der Waals surface area contributed by atoms with E-state index in [0.717, 1.165) is 24.8 Å². The molecule has 1 aromatic rings. The maximum absolute atomic E-state index is 12.1. The van der Waals surface area contributed by atoms with Crippen LogP contribution in [-0.4, -0.2) is 5.66 Å². The fourth-order valence-corrected chi connectivity index (χ4v) is 3.96. The molecule has 0 fully saturated rings. The lowest BCUT2D eigenvalue weighted by Crippen LogP contribution is -1.97. The summed E-state index contributed by atoms with van der Waals surface area (Å²) in [5.74, 6) is 0.657. The third-order valence-electron chi connectivity index (χ3n) is 2.87. The second-order valence-corrected chi connectivity index (χ2v) is 7.52. The Labute approximate surface area is 107 Å². The Balaban J connectivity index is 2.19. The zero-order valence-corrected chi connectivity index (χ0v) is 11.5. The first-order valence-corrected chi connectivity index (χ1v) is 8.49. The van der Waals surface area contributed by atoms with Gasteiger partial charge in [0.25, 0.3) is 0 Å². The predicted octanol–water partition coefficient (Wildman–Crippen LogP) is 5.05. The van der Waals surface area contributed by atoms with Gasteiger partial charge in [0.1, 0.15) is 5.76 Å². The quantitative estimate of drug-likeness (QED) is 0.716. The highest BCUT2D eigenvalue weighted by atomic mass is 35.7. The molecule has 0 saturated heterocycles. The van der Waals surface area contributed by atoms with Gasteiger partial charge in [-0.25, -0.2) is 0 Å². The minimum Gasteiger partial charge on any atom is -0.432 e. The molecule has 4 heteroatoms. The van der Waals surface area contributed by atoms with Crippen LogP contribution < -0.4 is 0 Å². The molecule has 1 heterocycles. The van der Waals surface area contributed by atoms with E-state index < -0.39 is 6.72 Å². The fraction of sp³-hybridized carbons (Fsp3) is 0.385. The van der Waals surface area contributed by atoms with Crippen LogP contribution in [0, 0.1) is 0 Å². The lowest BCUT2D eigenvalue weighted by molar-refractivity contribution is 0.480. The van der Waals surface area contributed by atoms with Crippen molar-refractivity contribution in [3.05, 3.63) is 42.0 Å². The Hall–Kier alpha value is -0.720. The van der Waals surface area contributed by atoms with Crippen molar-refractivity contribution in [2.24, 2.45) is 0 Å². The molecule has 2 unspecified atom stereocenters. The highest BCUT2D eigenvalue weighted by molar-refractivity contribution is 7.86. The summed E-state index contributed by atoms with van der Waals surface area (Å²) < 4.78 is 17.6. The van der Waals surface area contributed by atoms with Crippen LogP contribution in [0.2, 0.25) is 0 Å². The number of rotatable bonds is 4. The maximum atomic E-state index is 12.1. The zero-order chi connectivity index (χ0) is 12.3. The molecule has 0 bridgehead atoms. The summed E-state index contributed by atoms with van der Waals surface area (Å²) >= 11 is 6.00. The fourth-order valence-electron chi connectivity index (χ4n) is 1.90. The molecular weight excluding hydrogens is 255 g/mol. The molecule has 2 rings (SSSR count). The molecule has 0 spiro atoms. The molecule has 2 atom stereocenters. The molecule has 0 aliphatic carbocycles. The number of allylic oxidation sites excluding steroid dienone is 1. The summed E-state index contributed by atoms with van der Waals surface area (Å²) in [7, 11) is 0. The van der Waals surface area contributed by atoms with Gasteiger partial charge < -0.3 is 4.52 Å². The van der Waals surface area contributed by atoms with Crippen molar-refractivity contribution in [3.8, 4) is 0 Å².